The van der Waals surface area contributed by atoms with E-state index in [4.69, 9.17) is 0 Å². The van der Waals surface area contributed by atoms with Crippen molar-refractivity contribution < 1.29 is 0 Å². The molecule has 1 unspecified atom stereocenters. The summed E-state index contributed by atoms with van der Waals surface area (Å²) in [4.78, 5) is 10.8. The fourth-order valence-corrected chi connectivity index (χ4v) is 1.99. The molecule has 0 spiro atoms. The fraction of sp³-hybridized carbons (Fsp3) is 0.714. The van der Waals surface area contributed by atoms with E-state index in [1.54, 1.807) is 0 Å². The highest BCUT2D eigenvalue weighted by Gasteiger charge is 2.12. The topological polar surface area (TPSA) is 41.1 Å². The van der Waals surface area contributed by atoms with Gasteiger partial charge < -0.3 is 10.2 Å². The summed E-state index contributed by atoms with van der Waals surface area (Å²) in [5.41, 5.74) is 1.06. The van der Waals surface area contributed by atoms with Crippen molar-refractivity contribution in [1.29, 1.82) is 0 Å². The van der Waals surface area contributed by atoms with Gasteiger partial charge in [0.1, 0.15) is 5.82 Å². The summed E-state index contributed by atoms with van der Waals surface area (Å²) in [6.45, 7) is 8.26. The van der Waals surface area contributed by atoms with Crippen molar-refractivity contribution in [2.75, 3.05) is 20.6 Å². The normalized spacial score (nSPS) is 13.3. The van der Waals surface area contributed by atoms with Crippen molar-refractivity contribution in [2.24, 2.45) is 5.92 Å². The summed E-state index contributed by atoms with van der Waals surface area (Å²) in [6, 6.07) is 2.54. The second-order valence-corrected chi connectivity index (χ2v) is 5.47. The van der Waals surface area contributed by atoms with Gasteiger partial charge in [-0.3, -0.25) is 0 Å². The molecule has 0 aliphatic heterocycles. The Morgan fingerprint density at radius 3 is 2.61 bits per heavy atom. The average Bonchev–Trinajstić information content (AvgIpc) is 2.27. The molecule has 1 N–H and O–H groups in total. The number of rotatable bonds is 7. The van der Waals surface area contributed by atoms with Crippen molar-refractivity contribution in [3.8, 4) is 0 Å². The number of aryl methyl sites for hydroxylation is 1. The van der Waals surface area contributed by atoms with Gasteiger partial charge in [-0.05, 0) is 39.4 Å². The van der Waals surface area contributed by atoms with Crippen LogP contribution in [0.5, 0.6) is 0 Å². The van der Waals surface area contributed by atoms with Crippen LogP contribution in [0.1, 0.15) is 31.8 Å². The summed E-state index contributed by atoms with van der Waals surface area (Å²) in [6.07, 6.45) is 3.03. The molecule has 0 saturated heterocycles. The van der Waals surface area contributed by atoms with Crippen molar-refractivity contribution >= 4 is 0 Å². The lowest BCUT2D eigenvalue weighted by molar-refractivity contribution is 0.246. The lowest BCUT2D eigenvalue weighted by Gasteiger charge is -2.26. The molecule has 0 radical (unpaired) electrons. The Labute approximate surface area is 111 Å². The molecule has 0 aliphatic rings. The van der Waals surface area contributed by atoms with Crippen LogP contribution in [-0.2, 0) is 6.54 Å². The minimum absolute atomic E-state index is 0.577. The van der Waals surface area contributed by atoms with E-state index in [-0.39, 0.29) is 0 Å². The van der Waals surface area contributed by atoms with Gasteiger partial charge in [0, 0.05) is 25.3 Å². The second kappa shape index (κ2) is 7.44. The van der Waals surface area contributed by atoms with Crippen LogP contribution >= 0.6 is 0 Å². The molecule has 1 aromatic heterocycles. The van der Waals surface area contributed by atoms with Crippen molar-refractivity contribution in [2.45, 2.75) is 39.8 Å². The molecule has 102 valence electrons. The van der Waals surface area contributed by atoms with E-state index in [2.05, 4.69) is 48.1 Å². The molecule has 4 nitrogen and oxygen atoms in total. The highest BCUT2D eigenvalue weighted by molar-refractivity contribution is 5.01. The Morgan fingerprint density at radius 1 is 1.33 bits per heavy atom. The summed E-state index contributed by atoms with van der Waals surface area (Å²) in [5.74, 6) is 1.56. The Balaban J connectivity index is 2.39. The zero-order valence-corrected chi connectivity index (χ0v) is 12.3. The molecular weight excluding hydrogens is 224 g/mol. The first-order valence-electron chi connectivity index (χ1n) is 6.64. The van der Waals surface area contributed by atoms with Crippen LogP contribution in [-0.4, -0.2) is 41.5 Å². The Morgan fingerprint density at radius 2 is 2.06 bits per heavy atom. The van der Waals surface area contributed by atoms with E-state index >= 15 is 0 Å². The van der Waals surface area contributed by atoms with Gasteiger partial charge in [-0.2, -0.15) is 0 Å². The lowest BCUT2D eigenvalue weighted by atomic mass is 10.0. The van der Waals surface area contributed by atoms with Gasteiger partial charge in [-0.1, -0.05) is 13.8 Å². The minimum Gasteiger partial charge on any atom is -0.310 e. The predicted molar refractivity (Wildman–Crippen MR) is 75.4 cm³/mol. The third-order valence-corrected chi connectivity index (χ3v) is 2.99. The first-order chi connectivity index (χ1) is 8.49. The maximum Gasteiger partial charge on any atom is 0.125 e. The monoisotopic (exact) mass is 250 g/mol. The van der Waals surface area contributed by atoms with Gasteiger partial charge in [0.05, 0.1) is 5.69 Å². The molecule has 0 amide bonds. The largest absolute Gasteiger partial charge is 0.310 e. The van der Waals surface area contributed by atoms with Crippen molar-refractivity contribution in [3.63, 3.8) is 0 Å². The summed E-state index contributed by atoms with van der Waals surface area (Å²) < 4.78 is 0. The summed E-state index contributed by atoms with van der Waals surface area (Å²) in [7, 11) is 4.28. The van der Waals surface area contributed by atoms with Gasteiger partial charge in [0.2, 0.25) is 0 Å². The standard InChI is InChI=1S/C14H26N4/c1-11(2)8-14(18(4)5)10-15-9-13-6-7-16-12(3)17-13/h6-7,11,14-15H,8-10H2,1-5H3. The summed E-state index contributed by atoms with van der Waals surface area (Å²) in [5, 5.41) is 3.48. The molecule has 18 heavy (non-hydrogen) atoms. The number of aromatic nitrogens is 2. The molecule has 0 aromatic carbocycles. The fourth-order valence-electron chi connectivity index (χ4n) is 1.99. The Hall–Kier alpha value is -1.00. The lowest BCUT2D eigenvalue weighted by Crippen LogP contribution is -2.38. The molecule has 0 saturated carbocycles. The van der Waals surface area contributed by atoms with E-state index in [1.807, 2.05) is 19.2 Å². The number of nitrogens with one attached hydrogen (secondary N) is 1. The SMILES string of the molecule is Cc1nccc(CNCC(CC(C)C)N(C)C)n1. The zero-order valence-electron chi connectivity index (χ0n) is 12.3. The highest BCUT2D eigenvalue weighted by atomic mass is 15.1. The van der Waals surface area contributed by atoms with Crippen LogP contribution < -0.4 is 5.32 Å². The van der Waals surface area contributed by atoms with Crippen LogP contribution in [0.3, 0.4) is 0 Å². The number of hydrogen-bond acceptors (Lipinski definition) is 4. The average molecular weight is 250 g/mol. The second-order valence-electron chi connectivity index (χ2n) is 5.47. The number of nitrogens with zero attached hydrogens (tertiary/aromatic N) is 3. The number of hydrogen-bond donors (Lipinski definition) is 1. The smallest absolute Gasteiger partial charge is 0.125 e. The molecule has 0 bridgehead atoms. The third-order valence-electron chi connectivity index (χ3n) is 2.99. The number of likely N-dealkylation sites (N-methyl/N-ethyl adjacent to an activating group) is 1. The van der Waals surface area contributed by atoms with Crippen LogP contribution in [0, 0.1) is 12.8 Å². The van der Waals surface area contributed by atoms with E-state index in [9.17, 15) is 0 Å². The molecule has 1 aromatic rings. The molecule has 1 atom stereocenters. The van der Waals surface area contributed by atoms with Crippen molar-refractivity contribution in [3.05, 3.63) is 23.8 Å². The molecule has 4 heteroatoms. The van der Waals surface area contributed by atoms with E-state index in [1.165, 1.54) is 6.42 Å². The summed E-state index contributed by atoms with van der Waals surface area (Å²) >= 11 is 0. The van der Waals surface area contributed by atoms with Gasteiger partial charge in [-0.25, -0.2) is 9.97 Å². The van der Waals surface area contributed by atoms with Crippen LogP contribution in [0.4, 0.5) is 0 Å². The highest BCUT2D eigenvalue weighted by Crippen LogP contribution is 2.08. The predicted octanol–water partition coefficient (Wildman–Crippen LogP) is 1.85. The van der Waals surface area contributed by atoms with E-state index in [0.29, 0.717) is 6.04 Å². The van der Waals surface area contributed by atoms with Gasteiger partial charge in [0.15, 0.2) is 0 Å². The first kappa shape index (κ1) is 15.1. The molecule has 1 heterocycles. The maximum absolute atomic E-state index is 4.39. The first-order valence-corrected chi connectivity index (χ1v) is 6.64. The molecule has 0 aliphatic carbocycles. The Kier molecular flexibility index (Phi) is 6.22. The van der Waals surface area contributed by atoms with Gasteiger partial charge in [0.25, 0.3) is 0 Å². The molecular formula is C14H26N4. The molecule has 0 fully saturated rings. The minimum atomic E-state index is 0.577. The van der Waals surface area contributed by atoms with Gasteiger partial charge >= 0.3 is 0 Å². The zero-order chi connectivity index (χ0) is 13.5. The Bertz CT molecular complexity index is 349. The molecule has 1 rings (SSSR count). The van der Waals surface area contributed by atoms with Gasteiger partial charge in [-0.15, -0.1) is 0 Å². The van der Waals surface area contributed by atoms with Crippen LogP contribution in [0.2, 0.25) is 0 Å². The van der Waals surface area contributed by atoms with Crippen molar-refractivity contribution in [1.82, 2.24) is 20.2 Å². The van der Waals surface area contributed by atoms with E-state index < -0.39 is 0 Å². The third kappa shape index (κ3) is 5.56. The van der Waals surface area contributed by atoms with Crippen LogP contribution in [0.25, 0.3) is 0 Å². The van der Waals surface area contributed by atoms with E-state index in [0.717, 1.165) is 30.5 Å². The van der Waals surface area contributed by atoms with Crippen LogP contribution in [0.15, 0.2) is 12.3 Å². The maximum atomic E-state index is 4.39. The quantitative estimate of drug-likeness (QED) is 0.802.